The van der Waals surface area contributed by atoms with Gasteiger partial charge in [-0.05, 0) is 50.4 Å². The number of Topliss-reactive ketones (excluding diaryl/α,β-unsaturated/α-hetero) is 1. The highest BCUT2D eigenvalue weighted by molar-refractivity contribution is 5.79. The third-order valence-corrected chi connectivity index (χ3v) is 5.18. The smallest absolute Gasteiger partial charge is 0.136 e. The van der Waals surface area contributed by atoms with Crippen LogP contribution in [0.5, 0.6) is 0 Å². The lowest BCUT2D eigenvalue weighted by Crippen LogP contribution is -2.27. The van der Waals surface area contributed by atoms with E-state index in [4.69, 9.17) is 4.74 Å². The van der Waals surface area contributed by atoms with Gasteiger partial charge >= 0.3 is 0 Å². The number of ether oxygens (including phenoxy) is 1. The number of hydrogen-bond acceptors (Lipinski definition) is 3. The van der Waals surface area contributed by atoms with E-state index >= 15 is 0 Å². The molecule has 0 aromatic rings. The van der Waals surface area contributed by atoms with Crippen molar-refractivity contribution in [3.8, 4) is 0 Å². The number of ketones is 1. The zero-order valence-corrected chi connectivity index (χ0v) is 13.7. The number of aliphatic hydroxyl groups is 1. The molecule has 3 heteroatoms. The van der Waals surface area contributed by atoms with E-state index in [1.165, 1.54) is 12.8 Å². The van der Waals surface area contributed by atoms with E-state index < -0.39 is 0 Å². The van der Waals surface area contributed by atoms with Crippen molar-refractivity contribution in [3.63, 3.8) is 0 Å². The summed E-state index contributed by atoms with van der Waals surface area (Å²) in [5, 5.41) is 9.90. The zero-order valence-electron chi connectivity index (χ0n) is 13.7. The summed E-state index contributed by atoms with van der Waals surface area (Å²) in [5.41, 5.74) is 0. The Hall–Kier alpha value is -0.930. The van der Waals surface area contributed by atoms with Crippen LogP contribution < -0.4 is 0 Å². The van der Waals surface area contributed by atoms with Gasteiger partial charge in [0.2, 0.25) is 0 Å². The van der Waals surface area contributed by atoms with E-state index in [9.17, 15) is 9.90 Å². The second kappa shape index (κ2) is 8.64. The third-order valence-electron chi connectivity index (χ3n) is 5.18. The molecule has 0 aliphatic carbocycles. The first kappa shape index (κ1) is 17.4. The van der Waals surface area contributed by atoms with Crippen molar-refractivity contribution in [1.29, 1.82) is 0 Å². The first-order valence-corrected chi connectivity index (χ1v) is 8.76. The molecule has 0 spiro atoms. The fourth-order valence-electron chi connectivity index (χ4n) is 3.90. The molecule has 1 unspecified atom stereocenters. The summed E-state index contributed by atoms with van der Waals surface area (Å²) in [5.74, 6) is 1.41. The Morgan fingerprint density at radius 2 is 2.05 bits per heavy atom. The number of rotatable bonds is 10. The van der Waals surface area contributed by atoms with Gasteiger partial charge in [-0.2, -0.15) is 0 Å². The predicted molar refractivity (Wildman–Crippen MR) is 88.6 cm³/mol. The van der Waals surface area contributed by atoms with Crippen LogP contribution in [0.4, 0.5) is 0 Å². The fraction of sp³-hybridized carbons (Fsp3) is 0.737. The van der Waals surface area contributed by atoms with Crippen LogP contribution in [0.15, 0.2) is 24.8 Å². The molecular weight excluding hydrogens is 276 g/mol. The monoisotopic (exact) mass is 306 g/mol. The topological polar surface area (TPSA) is 46.5 Å². The second-order valence-electron chi connectivity index (χ2n) is 6.68. The van der Waals surface area contributed by atoms with Crippen LogP contribution in [0.25, 0.3) is 0 Å². The van der Waals surface area contributed by atoms with Gasteiger partial charge in [0.05, 0.1) is 18.3 Å². The van der Waals surface area contributed by atoms with Gasteiger partial charge in [-0.25, -0.2) is 0 Å². The molecule has 2 aliphatic rings. The Morgan fingerprint density at radius 1 is 1.32 bits per heavy atom. The van der Waals surface area contributed by atoms with Crippen molar-refractivity contribution in [3.05, 3.63) is 24.8 Å². The number of allylic oxidation sites excluding steroid dienone is 2. The Bertz CT molecular complexity index is 401. The number of aliphatic hydroxyl groups excluding tert-OH is 1. The average molecular weight is 306 g/mol. The van der Waals surface area contributed by atoms with Crippen molar-refractivity contribution in [1.82, 2.24) is 0 Å². The largest absolute Gasteiger partial charge is 0.393 e. The molecule has 0 saturated carbocycles. The summed E-state index contributed by atoms with van der Waals surface area (Å²) in [4.78, 5) is 11.3. The normalized spacial score (nSPS) is 31.7. The molecule has 0 aromatic heterocycles. The van der Waals surface area contributed by atoms with Crippen LogP contribution in [0.1, 0.15) is 58.3 Å². The van der Waals surface area contributed by atoms with Crippen LogP contribution in [0.2, 0.25) is 0 Å². The van der Waals surface area contributed by atoms with Crippen molar-refractivity contribution in [2.24, 2.45) is 11.8 Å². The maximum atomic E-state index is 11.3. The summed E-state index contributed by atoms with van der Waals surface area (Å²) < 4.78 is 6.09. The molecule has 0 radical (unpaired) electrons. The molecule has 2 heterocycles. The second-order valence-corrected chi connectivity index (χ2v) is 6.68. The molecule has 5 atom stereocenters. The summed E-state index contributed by atoms with van der Waals surface area (Å²) in [6.07, 6.45) is 13.5. The highest BCUT2D eigenvalue weighted by Gasteiger charge is 2.47. The van der Waals surface area contributed by atoms with Crippen LogP contribution in [-0.4, -0.2) is 29.2 Å². The maximum Gasteiger partial charge on any atom is 0.136 e. The van der Waals surface area contributed by atoms with Crippen LogP contribution in [0.3, 0.4) is 0 Å². The molecule has 2 aliphatic heterocycles. The maximum absolute atomic E-state index is 11.3. The lowest BCUT2D eigenvalue weighted by atomic mass is 9.75. The van der Waals surface area contributed by atoms with Crippen molar-refractivity contribution in [2.45, 2.75) is 76.6 Å². The van der Waals surface area contributed by atoms with Crippen molar-refractivity contribution < 1.29 is 14.6 Å². The van der Waals surface area contributed by atoms with Gasteiger partial charge in [0, 0.05) is 12.8 Å². The minimum absolute atomic E-state index is 0.269. The van der Waals surface area contributed by atoms with Gasteiger partial charge in [0.1, 0.15) is 5.78 Å². The van der Waals surface area contributed by atoms with Gasteiger partial charge in [0.15, 0.2) is 0 Å². The van der Waals surface area contributed by atoms with Crippen LogP contribution in [-0.2, 0) is 9.53 Å². The fourth-order valence-corrected chi connectivity index (χ4v) is 3.90. The highest BCUT2D eigenvalue weighted by atomic mass is 16.5. The molecule has 124 valence electrons. The van der Waals surface area contributed by atoms with Gasteiger partial charge < -0.3 is 9.84 Å². The van der Waals surface area contributed by atoms with E-state index in [-0.39, 0.29) is 6.10 Å². The lowest BCUT2D eigenvalue weighted by molar-refractivity contribution is -0.117. The minimum atomic E-state index is -0.269. The number of carbonyl (C=O) groups is 1. The number of fused-ring (bicyclic) bond motifs is 2. The van der Waals surface area contributed by atoms with E-state index in [0.29, 0.717) is 49.1 Å². The molecular formula is C19H30O3. The Morgan fingerprint density at radius 3 is 2.73 bits per heavy atom. The molecule has 2 rings (SSSR count). The summed E-state index contributed by atoms with van der Waals surface area (Å²) in [6.45, 7) is 5.59. The van der Waals surface area contributed by atoms with Crippen molar-refractivity contribution in [2.75, 3.05) is 0 Å². The molecule has 2 bridgehead atoms. The van der Waals surface area contributed by atoms with Crippen molar-refractivity contribution >= 4 is 5.78 Å². The van der Waals surface area contributed by atoms with E-state index in [1.807, 2.05) is 13.0 Å². The van der Waals surface area contributed by atoms with Gasteiger partial charge in [0.25, 0.3) is 0 Å². The predicted octanol–water partition coefficient (Wildman–Crippen LogP) is 3.81. The SMILES string of the molecule is C=CCC(O)CC[C@H]1[C@@H](CC=CCC(=O)CC)[C@H]2CC[C@@H]1O2. The summed E-state index contributed by atoms with van der Waals surface area (Å²) in [6, 6.07) is 0. The summed E-state index contributed by atoms with van der Waals surface area (Å²) >= 11 is 0. The van der Waals surface area contributed by atoms with E-state index in [0.717, 1.165) is 19.3 Å². The molecule has 0 amide bonds. The Kier molecular flexibility index (Phi) is 6.84. The summed E-state index contributed by atoms with van der Waals surface area (Å²) in [7, 11) is 0. The lowest BCUT2D eigenvalue weighted by Gasteiger charge is -2.27. The molecule has 22 heavy (non-hydrogen) atoms. The first-order valence-electron chi connectivity index (χ1n) is 8.76. The standard InChI is InChI=1S/C19H30O3/c1-3-7-15(21)10-11-17-16(18-12-13-19(17)22-18)9-6-5-8-14(20)4-2/h3,5-6,15-19,21H,1,4,7-13H2,2H3/t15?,16-,17+,18-,19+/m1/s1. The number of hydrogen-bond donors (Lipinski definition) is 1. The van der Waals surface area contributed by atoms with Gasteiger partial charge in [-0.3, -0.25) is 4.79 Å². The van der Waals surface area contributed by atoms with Gasteiger partial charge in [-0.15, -0.1) is 6.58 Å². The quantitative estimate of drug-likeness (QED) is 0.624. The van der Waals surface area contributed by atoms with Gasteiger partial charge in [-0.1, -0.05) is 25.2 Å². The molecule has 2 fully saturated rings. The highest BCUT2D eigenvalue weighted by Crippen LogP contribution is 2.47. The van der Waals surface area contributed by atoms with Crippen LogP contribution in [0, 0.1) is 11.8 Å². The molecule has 3 nitrogen and oxygen atoms in total. The zero-order chi connectivity index (χ0) is 15.9. The minimum Gasteiger partial charge on any atom is -0.393 e. The first-order chi connectivity index (χ1) is 10.7. The van der Waals surface area contributed by atoms with Crippen LogP contribution >= 0.6 is 0 Å². The Labute approximate surface area is 134 Å². The molecule has 0 aromatic carbocycles. The van der Waals surface area contributed by atoms with E-state index in [2.05, 4.69) is 12.7 Å². The molecule has 1 N–H and O–H groups in total. The van der Waals surface area contributed by atoms with E-state index in [1.54, 1.807) is 6.08 Å². The number of carbonyl (C=O) groups excluding carboxylic acids is 1. The average Bonchev–Trinajstić information content (AvgIpc) is 3.10. The third kappa shape index (κ3) is 4.53. The Balaban J connectivity index is 1.82. The molecule has 2 saturated heterocycles.